The molecule has 6 nitrogen and oxygen atoms in total. The van der Waals surface area contributed by atoms with E-state index in [1.54, 1.807) is 6.07 Å². The van der Waals surface area contributed by atoms with Gasteiger partial charge in [-0.05, 0) is 30.0 Å². The quantitative estimate of drug-likeness (QED) is 0.649. The molecule has 2 aromatic carbocycles. The van der Waals surface area contributed by atoms with Crippen LogP contribution in [0.1, 0.15) is 33.9 Å². The van der Waals surface area contributed by atoms with Crippen LogP contribution in [0.5, 0.6) is 5.75 Å². The fraction of sp³-hybridized carbons (Fsp3) is 0.222. The van der Waals surface area contributed by atoms with Gasteiger partial charge in [-0.2, -0.15) is 0 Å². The first-order valence-corrected chi connectivity index (χ1v) is 8.62. The van der Waals surface area contributed by atoms with Gasteiger partial charge in [0.1, 0.15) is 11.3 Å². The van der Waals surface area contributed by atoms with Crippen molar-refractivity contribution in [1.82, 2.24) is 4.98 Å². The number of rotatable bonds is 2. The third-order valence-electron chi connectivity index (χ3n) is 4.14. The van der Waals surface area contributed by atoms with E-state index in [0.717, 1.165) is 17.5 Å². The molecule has 1 aromatic heterocycles. The van der Waals surface area contributed by atoms with Crippen molar-refractivity contribution in [1.29, 1.82) is 0 Å². The van der Waals surface area contributed by atoms with Gasteiger partial charge < -0.3 is 21.3 Å². The third kappa shape index (κ3) is 3.57. The van der Waals surface area contributed by atoms with Crippen LogP contribution < -0.4 is 16.2 Å². The summed E-state index contributed by atoms with van der Waals surface area (Å²) in [6, 6.07) is 11.8. The van der Waals surface area contributed by atoms with Crippen molar-refractivity contribution in [3.63, 3.8) is 0 Å². The standard InChI is InChI=1S/C9H8N2O3S.C9H11N/c1-14-6-3-5-7(15-9(10)11-5)2-4(6)8(12)13;10-9-6-5-7-3-1-2-4-8(7)9/h2-3H,1H3,(H2,10,11)(H,12,13);1-4,9H,5-6,10H2/t;9-/m.0/s1. The van der Waals surface area contributed by atoms with Crippen LogP contribution >= 0.6 is 11.3 Å². The lowest BCUT2D eigenvalue weighted by atomic mass is 10.1. The molecule has 3 aromatic rings. The molecule has 0 amide bonds. The van der Waals surface area contributed by atoms with E-state index in [9.17, 15) is 4.79 Å². The van der Waals surface area contributed by atoms with Crippen molar-refractivity contribution in [3.8, 4) is 5.75 Å². The predicted molar refractivity (Wildman–Crippen MR) is 99.2 cm³/mol. The average molecular weight is 357 g/mol. The largest absolute Gasteiger partial charge is 0.496 e. The molecule has 0 aliphatic heterocycles. The van der Waals surface area contributed by atoms with E-state index >= 15 is 0 Å². The zero-order chi connectivity index (χ0) is 18.0. The topological polar surface area (TPSA) is 111 Å². The zero-order valence-corrected chi connectivity index (χ0v) is 14.5. The van der Waals surface area contributed by atoms with Gasteiger partial charge in [-0.15, -0.1) is 0 Å². The Morgan fingerprint density at radius 2 is 2.12 bits per heavy atom. The molecular formula is C18H19N3O3S. The average Bonchev–Trinajstić information content (AvgIpc) is 3.16. The Morgan fingerprint density at radius 3 is 2.80 bits per heavy atom. The van der Waals surface area contributed by atoms with Crippen molar-refractivity contribution in [2.75, 3.05) is 12.8 Å². The van der Waals surface area contributed by atoms with Crippen LogP contribution in [0.15, 0.2) is 36.4 Å². The number of carboxylic acid groups (broad SMARTS) is 1. The molecule has 0 spiro atoms. The van der Waals surface area contributed by atoms with E-state index in [4.69, 9.17) is 21.3 Å². The molecule has 1 atom stereocenters. The fourth-order valence-electron chi connectivity index (χ4n) is 2.90. The molecule has 0 unspecified atom stereocenters. The van der Waals surface area contributed by atoms with Crippen LogP contribution in [0.3, 0.4) is 0 Å². The molecule has 25 heavy (non-hydrogen) atoms. The van der Waals surface area contributed by atoms with Crippen LogP contribution in [0.2, 0.25) is 0 Å². The number of carboxylic acids is 1. The minimum atomic E-state index is -1.03. The van der Waals surface area contributed by atoms with E-state index in [1.807, 2.05) is 0 Å². The van der Waals surface area contributed by atoms with E-state index in [2.05, 4.69) is 29.2 Å². The van der Waals surface area contributed by atoms with Gasteiger partial charge in [0, 0.05) is 12.1 Å². The van der Waals surface area contributed by atoms with Gasteiger partial charge in [0.15, 0.2) is 5.13 Å². The summed E-state index contributed by atoms with van der Waals surface area (Å²) in [6.45, 7) is 0. The van der Waals surface area contributed by atoms with E-state index in [-0.39, 0.29) is 5.56 Å². The molecule has 1 aliphatic rings. The van der Waals surface area contributed by atoms with Crippen LogP contribution in [0.25, 0.3) is 10.2 Å². The third-order valence-corrected chi connectivity index (χ3v) is 4.98. The van der Waals surface area contributed by atoms with Gasteiger partial charge in [0.05, 0.1) is 17.3 Å². The lowest BCUT2D eigenvalue weighted by Gasteiger charge is -2.03. The van der Waals surface area contributed by atoms with Crippen molar-refractivity contribution < 1.29 is 14.6 Å². The Kier molecular flexibility index (Phi) is 4.87. The first-order chi connectivity index (χ1) is 12.0. The molecule has 4 rings (SSSR count). The molecule has 0 saturated carbocycles. The van der Waals surface area contributed by atoms with Gasteiger partial charge in [0.25, 0.3) is 0 Å². The highest BCUT2D eigenvalue weighted by Gasteiger charge is 2.17. The maximum atomic E-state index is 10.9. The van der Waals surface area contributed by atoms with E-state index in [0.29, 0.717) is 22.4 Å². The molecule has 0 saturated heterocycles. The Morgan fingerprint density at radius 1 is 1.36 bits per heavy atom. The molecule has 1 aliphatic carbocycles. The number of aromatic nitrogens is 1. The first-order valence-electron chi connectivity index (χ1n) is 7.80. The second-order valence-corrected chi connectivity index (χ2v) is 6.78. The van der Waals surface area contributed by atoms with Crippen LogP contribution in [-0.4, -0.2) is 23.2 Å². The number of anilines is 1. The Bertz CT molecular complexity index is 923. The first kappa shape index (κ1) is 17.2. The molecule has 0 fully saturated rings. The summed E-state index contributed by atoms with van der Waals surface area (Å²) in [4.78, 5) is 14.9. The maximum Gasteiger partial charge on any atom is 0.339 e. The van der Waals surface area contributed by atoms with E-state index < -0.39 is 5.97 Å². The molecule has 7 heteroatoms. The monoisotopic (exact) mass is 357 g/mol. The summed E-state index contributed by atoms with van der Waals surface area (Å²) < 4.78 is 5.71. The molecule has 0 radical (unpaired) electrons. The Labute approximate surface area is 149 Å². The lowest BCUT2D eigenvalue weighted by Crippen LogP contribution is -2.04. The normalized spacial score (nSPS) is 15.4. The van der Waals surface area contributed by atoms with Gasteiger partial charge in [0.2, 0.25) is 0 Å². The van der Waals surface area contributed by atoms with Gasteiger partial charge in [-0.25, -0.2) is 9.78 Å². The minimum absolute atomic E-state index is 0.119. The number of carbonyl (C=O) groups is 1. The number of fused-ring (bicyclic) bond motifs is 2. The second kappa shape index (κ2) is 7.08. The van der Waals surface area contributed by atoms with Crippen molar-refractivity contribution >= 4 is 32.7 Å². The number of ether oxygens (including phenoxy) is 1. The number of nitrogens with two attached hydrogens (primary N) is 2. The number of thiazole rings is 1. The number of benzene rings is 2. The highest BCUT2D eigenvalue weighted by molar-refractivity contribution is 7.22. The number of nitrogens with zero attached hydrogens (tertiary/aromatic N) is 1. The minimum Gasteiger partial charge on any atom is -0.496 e. The highest BCUT2D eigenvalue weighted by atomic mass is 32.1. The molecule has 1 heterocycles. The van der Waals surface area contributed by atoms with Crippen molar-refractivity contribution in [3.05, 3.63) is 53.1 Å². The summed E-state index contributed by atoms with van der Waals surface area (Å²) in [7, 11) is 1.42. The van der Waals surface area contributed by atoms with Crippen LogP contribution in [-0.2, 0) is 6.42 Å². The molecule has 0 bridgehead atoms. The summed E-state index contributed by atoms with van der Waals surface area (Å²) >= 11 is 1.25. The number of aryl methyl sites for hydroxylation is 1. The maximum absolute atomic E-state index is 10.9. The number of nitrogen functional groups attached to an aromatic ring is 1. The molecular weight excluding hydrogens is 338 g/mol. The van der Waals surface area contributed by atoms with Crippen molar-refractivity contribution in [2.45, 2.75) is 18.9 Å². The SMILES string of the molecule is COc1cc2nc(N)sc2cc1C(=O)O.N[C@H]1CCc2ccccc21. The Hall–Kier alpha value is -2.64. The summed E-state index contributed by atoms with van der Waals surface area (Å²) in [6.07, 6.45) is 2.29. The number of methoxy groups -OCH3 is 1. The summed E-state index contributed by atoms with van der Waals surface area (Å²) in [5.74, 6) is -0.735. The smallest absolute Gasteiger partial charge is 0.339 e. The summed E-state index contributed by atoms with van der Waals surface area (Å²) in [5, 5.41) is 9.35. The molecule has 5 N–H and O–H groups in total. The Balaban J connectivity index is 0.000000157. The van der Waals surface area contributed by atoms with Gasteiger partial charge in [-0.1, -0.05) is 35.6 Å². The number of hydrogen-bond donors (Lipinski definition) is 3. The van der Waals surface area contributed by atoms with Crippen LogP contribution in [0, 0.1) is 0 Å². The lowest BCUT2D eigenvalue weighted by molar-refractivity contribution is 0.0693. The van der Waals surface area contributed by atoms with Gasteiger partial charge in [-0.3, -0.25) is 0 Å². The highest BCUT2D eigenvalue weighted by Crippen LogP contribution is 2.30. The fourth-order valence-corrected chi connectivity index (χ4v) is 3.65. The van der Waals surface area contributed by atoms with Crippen LogP contribution in [0.4, 0.5) is 5.13 Å². The van der Waals surface area contributed by atoms with Gasteiger partial charge >= 0.3 is 5.97 Å². The second-order valence-electron chi connectivity index (χ2n) is 5.72. The van der Waals surface area contributed by atoms with Crippen molar-refractivity contribution in [2.24, 2.45) is 5.73 Å². The van der Waals surface area contributed by atoms with E-state index in [1.165, 1.54) is 35.6 Å². The number of aromatic carboxylic acids is 1. The molecule has 130 valence electrons. The predicted octanol–water partition coefficient (Wildman–Crippen LogP) is 3.22. The zero-order valence-electron chi connectivity index (χ0n) is 13.7. The summed E-state index contributed by atoms with van der Waals surface area (Å²) in [5.41, 5.74) is 14.9. The number of hydrogen-bond acceptors (Lipinski definition) is 6.